The van der Waals surface area contributed by atoms with Crippen molar-refractivity contribution in [3.05, 3.63) is 18.2 Å². The van der Waals surface area contributed by atoms with Crippen molar-refractivity contribution in [2.45, 2.75) is 13.8 Å². The van der Waals surface area contributed by atoms with Crippen LogP contribution in [0.15, 0.2) is 18.2 Å². The Morgan fingerprint density at radius 1 is 1.10 bits per heavy atom. The average Bonchev–Trinajstić information content (AvgIpc) is 2.47. The fraction of sp³-hybridized carbons (Fsp3) is 0.429. The molecule has 116 valence electrons. The van der Waals surface area contributed by atoms with Crippen LogP contribution in [-0.4, -0.2) is 38.1 Å². The summed E-state index contributed by atoms with van der Waals surface area (Å²) in [4.78, 5) is 23.1. The molecule has 4 N–H and O–H groups in total. The molecule has 21 heavy (non-hydrogen) atoms. The van der Waals surface area contributed by atoms with Gasteiger partial charge < -0.3 is 25.8 Å². The van der Waals surface area contributed by atoms with E-state index in [-0.39, 0.29) is 13.1 Å². The molecule has 1 rings (SSSR count). The molecule has 0 bridgehead atoms. The summed E-state index contributed by atoms with van der Waals surface area (Å²) in [6.07, 6.45) is 0. The third-order valence-corrected chi connectivity index (χ3v) is 2.44. The summed E-state index contributed by atoms with van der Waals surface area (Å²) in [5, 5.41) is 4.88. The van der Waals surface area contributed by atoms with Crippen LogP contribution in [0.5, 0.6) is 11.5 Å². The van der Waals surface area contributed by atoms with Crippen molar-refractivity contribution in [3.8, 4) is 11.5 Å². The lowest BCUT2D eigenvalue weighted by molar-refractivity contribution is -0.136. The van der Waals surface area contributed by atoms with Crippen molar-refractivity contribution in [3.63, 3.8) is 0 Å². The van der Waals surface area contributed by atoms with Crippen LogP contribution in [0.4, 0.5) is 5.69 Å². The first-order valence-corrected chi connectivity index (χ1v) is 6.81. The van der Waals surface area contributed by atoms with E-state index in [1.165, 1.54) is 0 Å². The molecule has 0 radical (unpaired) electrons. The second kappa shape index (κ2) is 8.80. The lowest BCUT2D eigenvalue weighted by Crippen LogP contribution is -2.37. The van der Waals surface area contributed by atoms with Crippen LogP contribution in [-0.2, 0) is 9.59 Å². The Morgan fingerprint density at radius 3 is 2.38 bits per heavy atom. The fourth-order valence-corrected chi connectivity index (χ4v) is 1.58. The van der Waals surface area contributed by atoms with Gasteiger partial charge in [-0.15, -0.1) is 0 Å². The smallest absolute Gasteiger partial charge is 0.313 e. The fourth-order valence-electron chi connectivity index (χ4n) is 1.58. The number of amides is 2. The molecule has 0 unspecified atom stereocenters. The van der Waals surface area contributed by atoms with E-state index < -0.39 is 11.8 Å². The van der Waals surface area contributed by atoms with Crippen molar-refractivity contribution in [1.82, 2.24) is 5.32 Å². The van der Waals surface area contributed by atoms with E-state index in [9.17, 15) is 9.59 Å². The van der Waals surface area contributed by atoms with Gasteiger partial charge in [0.2, 0.25) is 0 Å². The van der Waals surface area contributed by atoms with Gasteiger partial charge in [0, 0.05) is 24.8 Å². The van der Waals surface area contributed by atoms with Gasteiger partial charge in [0.15, 0.2) is 11.5 Å². The van der Waals surface area contributed by atoms with E-state index in [1.807, 2.05) is 13.8 Å². The van der Waals surface area contributed by atoms with Crippen LogP contribution >= 0.6 is 0 Å². The van der Waals surface area contributed by atoms with Gasteiger partial charge in [0.1, 0.15) is 0 Å². The number of anilines is 1. The van der Waals surface area contributed by atoms with Gasteiger partial charge in [0.05, 0.1) is 13.2 Å². The minimum Gasteiger partial charge on any atom is -0.490 e. The monoisotopic (exact) mass is 295 g/mol. The maximum Gasteiger partial charge on any atom is 0.313 e. The molecule has 0 heterocycles. The quantitative estimate of drug-likeness (QED) is 0.636. The van der Waals surface area contributed by atoms with Crippen LogP contribution in [0.3, 0.4) is 0 Å². The number of benzene rings is 1. The third-order valence-electron chi connectivity index (χ3n) is 2.44. The van der Waals surface area contributed by atoms with E-state index in [4.69, 9.17) is 15.2 Å². The van der Waals surface area contributed by atoms with Crippen LogP contribution < -0.4 is 25.8 Å². The van der Waals surface area contributed by atoms with E-state index in [0.717, 1.165) is 0 Å². The first-order chi connectivity index (χ1) is 10.1. The number of carbonyl (C=O) groups excluding carboxylic acids is 2. The van der Waals surface area contributed by atoms with Gasteiger partial charge in [-0.25, -0.2) is 0 Å². The molecule has 0 atom stereocenters. The SMILES string of the molecule is CCOc1ccc(NC(=O)C(=O)NCCN)cc1OCC. The van der Waals surface area contributed by atoms with Crippen molar-refractivity contribution in [2.24, 2.45) is 5.73 Å². The molecule has 7 heteroatoms. The normalized spacial score (nSPS) is 9.86. The summed E-state index contributed by atoms with van der Waals surface area (Å²) in [5.41, 5.74) is 5.70. The summed E-state index contributed by atoms with van der Waals surface area (Å²) in [6, 6.07) is 4.94. The lowest BCUT2D eigenvalue weighted by atomic mass is 10.2. The highest BCUT2D eigenvalue weighted by molar-refractivity contribution is 6.39. The topological polar surface area (TPSA) is 103 Å². The van der Waals surface area contributed by atoms with Crippen molar-refractivity contribution in [2.75, 3.05) is 31.6 Å². The second-order valence-corrected chi connectivity index (χ2v) is 4.03. The summed E-state index contributed by atoms with van der Waals surface area (Å²) in [7, 11) is 0. The highest BCUT2D eigenvalue weighted by Gasteiger charge is 2.14. The number of nitrogens with two attached hydrogens (primary N) is 1. The highest BCUT2D eigenvalue weighted by atomic mass is 16.5. The van der Waals surface area contributed by atoms with E-state index in [2.05, 4.69) is 10.6 Å². The molecule has 0 saturated carbocycles. The molecular weight excluding hydrogens is 274 g/mol. The average molecular weight is 295 g/mol. The molecule has 0 spiro atoms. The van der Waals surface area contributed by atoms with Gasteiger partial charge in [-0.2, -0.15) is 0 Å². The molecular formula is C14H21N3O4. The van der Waals surface area contributed by atoms with Gasteiger partial charge >= 0.3 is 11.8 Å². The number of ether oxygens (including phenoxy) is 2. The Labute approximate surface area is 123 Å². The minimum atomic E-state index is -0.755. The molecule has 7 nitrogen and oxygen atoms in total. The zero-order valence-electron chi connectivity index (χ0n) is 12.3. The predicted octanol–water partition coefficient (Wildman–Crippen LogP) is 0.497. The van der Waals surface area contributed by atoms with Gasteiger partial charge in [0.25, 0.3) is 0 Å². The first kappa shape index (κ1) is 16.8. The number of carbonyl (C=O) groups is 2. The van der Waals surface area contributed by atoms with E-state index in [1.54, 1.807) is 18.2 Å². The highest BCUT2D eigenvalue weighted by Crippen LogP contribution is 2.30. The van der Waals surface area contributed by atoms with Gasteiger partial charge in [-0.1, -0.05) is 0 Å². The Hall–Kier alpha value is -2.28. The Balaban J connectivity index is 2.77. The Kier molecular flexibility index (Phi) is 7.03. The zero-order valence-corrected chi connectivity index (χ0v) is 12.3. The molecule has 0 aliphatic rings. The molecule has 0 aromatic heterocycles. The maximum atomic E-state index is 11.7. The number of hydrogen-bond acceptors (Lipinski definition) is 5. The summed E-state index contributed by atoms with van der Waals surface area (Å²) >= 11 is 0. The van der Waals surface area contributed by atoms with Crippen LogP contribution in [0.1, 0.15) is 13.8 Å². The second-order valence-electron chi connectivity index (χ2n) is 4.03. The number of rotatable bonds is 7. The minimum absolute atomic E-state index is 0.250. The van der Waals surface area contributed by atoms with Crippen LogP contribution in [0.25, 0.3) is 0 Å². The number of nitrogens with one attached hydrogen (secondary N) is 2. The number of hydrogen-bond donors (Lipinski definition) is 3. The van der Waals surface area contributed by atoms with Crippen molar-refractivity contribution < 1.29 is 19.1 Å². The predicted molar refractivity (Wildman–Crippen MR) is 79.5 cm³/mol. The molecule has 0 aliphatic carbocycles. The molecule has 1 aromatic carbocycles. The van der Waals surface area contributed by atoms with Gasteiger partial charge in [-0.05, 0) is 26.0 Å². The maximum absolute atomic E-state index is 11.7. The third kappa shape index (κ3) is 5.31. The Morgan fingerprint density at radius 2 is 1.76 bits per heavy atom. The Bertz CT molecular complexity index is 491. The first-order valence-electron chi connectivity index (χ1n) is 6.81. The molecule has 1 aromatic rings. The zero-order chi connectivity index (χ0) is 15.7. The van der Waals surface area contributed by atoms with E-state index >= 15 is 0 Å². The molecule has 0 saturated heterocycles. The van der Waals surface area contributed by atoms with Gasteiger partial charge in [-0.3, -0.25) is 9.59 Å². The van der Waals surface area contributed by atoms with Crippen molar-refractivity contribution >= 4 is 17.5 Å². The lowest BCUT2D eigenvalue weighted by Gasteiger charge is -2.13. The molecule has 2 amide bonds. The molecule has 0 fully saturated rings. The van der Waals surface area contributed by atoms with Crippen LogP contribution in [0.2, 0.25) is 0 Å². The molecule has 0 aliphatic heterocycles. The standard InChI is InChI=1S/C14H21N3O4/c1-3-20-11-6-5-10(9-12(11)21-4-2)17-14(19)13(18)16-8-7-15/h5-6,9H,3-4,7-8,15H2,1-2H3,(H,16,18)(H,17,19). The largest absolute Gasteiger partial charge is 0.490 e. The van der Waals surface area contributed by atoms with Crippen molar-refractivity contribution in [1.29, 1.82) is 0 Å². The van der Waals surface area contributed by atoms with Crippen LogP contribution in [0, 0.1) is 0 Å². The summed E-state index contributed by atoms with van der Waals surface area (Å²) in [6.45, 7) is 5.21. The summed E-state index contributed by atoms with van der Waals surface area (Å²) in [5.74, 6) is -0.383. The van der Waals surface area contributed by atoms with E-state index in [0.29, 0.717) is 30.4 Å². The summed E-state index contributed by atoms with van der Waals surface area (Å²) < 4.78 is 10.9.